The fourth-order valence-electron chi connectivity index (χ4n) is 6.18. The van der Waals surface area contributed by atoms with E-state index >= 15 is 0 Å². The molecule has 0 unspecified atom stereocenters. The number of rotatable bonds is 2. The lowest BCUT2D eigenvalue weighted by atomic mass is 9.80. The molecule has 194 valence electrons. The van der Waals surface area contributed by atoms with E-state index in [1.165, 1.54) is 78.0 Å². The molecule has 0 aliphatic heterocycles. The molecule has 0 fully saturated rings. The fourth-order valence-corrected chi connectivity index (χ4v) is 7.66. The summed E-state index contributed by atoms with van der Waals surface area (Å²) >= 11 is 5.07. The molecule has 0 nitrogen and oxygen atoms in total. The lowest BCUT2D eigenvalue weighted by Gasteiger charge is -2.24. The van der Waals surface area contributed by atoms with Crippen LogP contribution >= 0.6 is 45.2 Å². The molecule has 7 aromatic carbocycles. The zero-order valence-electron chi connectivity index (χ0n) is 22.7. The summed E-state index contributed by atoms with van der Waals surface area (Å²) in [6.07, 6.45) is 0. The Morgan fingerprint density at radius 2 is 0.825 bits per heavy atom. The Hall–Kier alpha value is -2.96. The molecule has 7 aromatic rings. The van der Waals surface area contributed by atoms with Gasteiger partial charge in [0, 0.05) is 18.3 Å². The van der Waals surface area contributed by atoms with Gasteiger partial charge >= 0.3 is 0 Å². The van der Waals surface area contributed by atoms with Crippen LogP contribution in [0.3, 0.4) is 0 Å². The highest BCUT2D eigenvalue weighted by Gasteiger charge is 2.23. The third-order valence-corrected chi connectivity index (χ3v) is 9.94. The number of benzene rings is 7. The minimum absolute atomic E-state index is 0.0387. The van der Waals surface area contributed by atoms with Gasteiger partial charge in [-0.3, -0.25) is 0 Å². The molecular weight excluding hydrogens is 710 g/mol. The summed E-state index contributed by atoms with van der Waals surface area (Å²) in [4.78, 5) is 0. The van der Waals surface area contributed by atoms with E-state index in [0.717, 1.165) is 0 Å². The van der Waals surface area contributed by atoms with Gasteiger partial charge in [-0.05, 0) is 129 Å². The molecule has 2 heteroatoms. The predicted molar refractivity (Wildman–Crippen MR) is 191 cm³/mol. The molecule has 0 heterocycles. The molecule has 0 aromatic heterocycles. The number of hydrogen-bond donors (Lipinski definition) is 0. The van der Waals surface area contributed by atoms with Crippen LogP contribution in [0.15, 0.2) is 115 Å². The zero-order chi connectivity index (χ0) is 27.6. The largest absolute Gasteiger partial charge is 0.0616 e. The smallest absolute Gasteiger partial charge is 0.0215 e. The lowest BCUT2D eigenvalue weighted by Crippen LogP contribution is -2.10. The van der Waals surface area contributed by atoms with E-state index in [0.29, 0.717) is 0 Å². The van der Waals surface area contributed by atoms with Gasteiger partial charge in [-0.2, -0.15) is 0 Å². The van der Waals surface area contributed by atoms with E-state index < -0.39 is 0 Å². The molecule has 40 heavy (non-hydrogen) atoms. The van der Waals surface area contributed by atoms with Gasteiger partial charge in [-0.1, -0.05) is 118 Å². The first-order valence-corrected chi connectivity index (χ1v) is 15.8. The molecule has 0 aliphatic rings. The molecule has 0 bridgehead atoms. The summed E-state index contributed by atoms with van der Waals surface area (Å²) in [5.41, 5.74) is 6.69. The van der Waals surface area contributed by atoms with Crippen LogP contribution < -0.4 is 0 Å². The Kier molecular flexibility index (Phi) is 6.39. The van der Waals surface area contributed by atoms with E-state index in [2.05, 4.69) is 181 Å². The Labute approximate surface area is 262 Å². The first-order chi connectivity index (χ1) is 19.3. The van der Waals surface area contributed by atoms with Gasteiger partial charge in [0.1, 0.15) is 0 Å². The summed E-state index contributed by atoms with van der Waals surface area (Å²) in [6, 6.07) is 42.9. The van der Waals surface area contributed by atoms with Crippen LogP contribution in [0.25, 0.3) is 65.3 Å². The van der Waals surface area contributed by atoms with Crippen LogP contribution in [0.5, 0.6) is 0 Å². The number of hydrogen-bond acceptors (Lipinski definition) is 0. The minimum Gasteiger partial charge on any atom is -0.0616 e. The van der Waals surface area contributed by atoms with Gasteiger partial charge < -0.3 is 0 Å². The summed E-state index contributed by atoms with van der Waals surface area (Å²) in [7, 11) is 0. The quantitative estimate of drug-likeness (QED) is 0.122. The van der Waals surface area contributed by atoms with Gasteiger partial charge in [-0.15, -0.1) is 0 Å². The van der Waals surface area contributed by atoms with Gasteiger partial charge in [0.2, 0.25) is 0 Å². The summed E-state index contributed by atoms with van der Waals surface area (Å²) in [5, 5.41) is 10.4. The highest BCUT2D eigenvalue weighted by molar-refractivity contribution is 14.1. The molecule has 0 atom stereocenters. The molecule has 0 radical (unpaired) electrons. The van der Waals surface area contributed by atoms with Crippen molar-refractivity contribution in [2.75, 3.05) is 0 Å². The van der Waals surface area contributed by atoms with Crippen molar-refractivity contribution in [2.24, 2.45) is 0 Å². The van der Waals surface area contributed by atoms with Gasteiger partial charge in [0.25, 0.3) is 0 Å². The van der Waals surface area contributed by atoms with Gasteiger partial charge in [0.05, 0.1) is 0 Å². The third-order valence-electron chi connectivity index (χ3n) is 8.15. The normalized spacial score (nSPS) is 12.1. The van der Waals surface area contributed by atoms with Crippen LogP contribution in [-0.4, -0.2) is 0 Å². The zero-order valence-corrected chi connectivity index (χ0v) is 27.0. The van der Waals surface area contributed by atoms with E-state index in [4.69, 9.17) is 0 Å². The van der Waals surface area contributed by atoms with Crippen molar-refractivity contribution >= 4 is 88.3 Å². The first kappa shape index (κ1) is 26.0. The minimum atomic E-state index is 0.0387. The van der Waals surface area contributed by atoms with Crippen LogP contribution in [-0.2, 0) is 5.41 Å². The van der Waals surface area contributed by atoms with E-state index in [9.17, 15) is 0 Å². The maximum absolute atomic E-state index is 2.54. The molecule has 0 spiro atoms. The lowest BCUT2D eigenvalue weighted by molar-refractivity contribution is 0.591. The SMILES string of the molecule is CC(C)(C)c1ccc2c(-c3c(I)ccc4ccccc34)c3ccccc3c(-c3c(I)ccc4ccccc34)c2c1. The molecular formula is C38H28I2. The van der Waals surface area contributed by atoms with Crippen molar-refractivity contribution < 1.29 is 0 Å². The highest BCUT2D eigenvalue weighted by Crippen LogP contribution is 2.49. The van der Waals surface area contributed by atoms with Crippen molar-refractivity contribution in [3.63, 3.8) is 0 Å². The summed E-state index contributed by atoms with van der Waals surface area (Å²) in [5.74, 6) is 0. The average molecular weight is 738 g/mol. The average Bonchev–Trinajstić information content (AvgIpc) is 2.96. The second kappa shape index (κ2) is 9.85. The monoisotopic (exact) mass is 738 g/mol. The molecule has 0 saturated heterocycles. The van der Waals surface area contributed by atoms with Crippen molar-refractivity contribution in [3.8, 4) is 22.3 Å². The van der Waals surface area contributed by atoms with Crippen molar-refractivity contribution in [1.29, 1.82) is 0 Å². The maximum atomic E-state index is 2.54. The Morgan fingerprint density at radius 3 is 1.32 bits per heavy atom. The second-order valence-electron chi connectivity index (χ2n) is 11.6. The molecule has 0 amide bonds. The van der Waals surface area contributed by atoms with Crippen LogP contribution in [0.1, 0.15) is 26.3 Å². The predicted octanol–water partition coefficient (Wildman–Crippen LogP) is 12.1. The number of fused-ring (bicyclic) bond motifs is 4. The van der Waals surface area contributed by atoms with E-state index in [1.54, 1.807) is 0 Å². The second-order valence-corrected chi connectivity index (χ2v) is 13.9. The summed E-state index contributed by atoms with van der Waals surface area (Å²) in [6.45, 7) is 6.93. The Balaban J connectivity index is 1.76. The standard InChI is InChI=1S/C38H28I2/c1-38(2,3)25-18-19-30-31(22-25)35(37-27-13-7-5-11-24(27)17-21-33(37)40)29-15-9-8-14-28(29)34(30)36-26-12-6-4-10-23(26)16-20-32(36)39/h4-22H,1-3H3. The van der Waals surface area contributed by atoms with Crippen molar-refractivity contribution in [1.82, 2.24) is 0 Å². The van der Waals surface area contributed by atoms with E-state index in [-0.39, 0.29) is 5.41 Å². The van der Waals surface area contributed by atoms with Crippen LogP contribution in [0, 0.1) is 7.14 Å². The maximum Gasteiger partial charge on any atom is 0.0215 e. The Morgan fingerprint density at radius 1 is 0.400 bits per heavy atom. The first-order valence-electron chi connectivity index (χ1n) is 13.7. The topological polar surface area (TPSA) is 0 Å². The Bertz CT molecular complexity index is 2110. The highest BCUT2D eigenvalue weighted by atomic mass is 127. The molecule has 0 aliphatic carbocycles. The fraction of sp³-hybridized carbons (Fsp3) is 0.105. The molecule has 0 saturated carbocycles. The van der Waals surface area contributed by atoms with Crippen molar-refractivity contribution in [3.05, 3.63) is 128 Å². The molecule has 7 rings (SSSR count). The van der Waals surface area contributed by atoms with Gasteiger partial charge in [-0.25, -0.2) is 0 Å². The van der Waals surface area contributed by atoms with Gasteiger partial charge in [0.15, 0.2) is 0 Å². The molecule has 0 N–H and O–H groups in total. The van der Waals surface area contributed by atoms with Crippen LogP contribution in [0.2, 0.25) is 0 Å². The van der Waals surface area contributed by atoms with Crippen molar-refractivity contribution in [2.45, 2.75) is 26.2 Å². The third kappa shape index (κ3) is 4.14. The van der Waals surface area contributed by atoms with E-state index in [1.807, 2.05) is 0 Å². The van der Waals surface area contributed by atoms with Crippen LogP contribution in [0.4, 0.5) is 0 Å². The number of halogens is 2. The summed E-state index contributed by atoms with van der Waals surface area (Å²) < 4.78 is 2.55.